The molecule has 0 unspecified atom stereocenters. The molecule has 0 aromatic heterocycles. The van der Waals surface area contributed by atoms with E-state index in [0.29, 0.717) is 25.3 Å². The molecule has 1 fully saturated rings. The van der Waals surface area contributed by atoms with Gasteiger partial charge in [-0.2, -0.15) is 0 Å². The normalized spacial score (nSPS) is 13.8. The van der Waals surface area contributed by atoms with Crippen molar-refractivity contribution >= 4 is 11.8 Å². The number of nitrogens with one attached hydrogen (secondary N) is 1. The summed E-state index contributed by atoms with van der Waals surface area (Å²) >= 11 is 0. The van der Waals surface area contributed by atoms with E-state index in [1.54, 1.807) is 12.1 Å². The highest BCUT2D eigenvalue weighted by molar-refractivity contribution is 5.94. The van der Waals surface area contributed by atoms with Crippen LogP contribution in [0.4, 0.5) is 0 Å². The second kappa shape index (κ2) is 12.1. The highest BCUT2D eigenvalue weighted by atomic mass is 16.5. The lowest BCUT2D eigenvalue weighted by atomic mass is 10.0. The predicted molar refractivity (Wildman–Crippen MR) is 136 cm³/mol. The number of carbonyl (C=O) groups is 2. The van der Waals surface area contributed by atoms with Gasteiger partial charge in [-0.05, 0) is 61.2 Å². The summed E-state index contributed by atoms with van der Waals surface area (Å²) in [6.45, 7) is 3.71. The molecule has 35 heavy (non-hydrogen) atoms. The van der Waals surface area contributed by atoms with Crippen LogP contribution in [0.2, 0.25) is 0 Å². The van der Waals surface area contributed by atoms with Gasteiger partial charge in [-0.25, -0.2) is 0 Å². The molecule has 1 heterocycles. The maximum absolute atomic E-state index is 12.8. The summed E-state index contributed by atoms with van der Waals surface area (Å²) in [5.41, 5.74) is 2.89. The molecule has 0 aliphatic carbocycles. The van der Waals surface area contributed by atoms with Crippen molar-refractivity contribution in [3.05, 3.63) is 95.6 Å². The molecule has 3 aromatic rings. The summed E-state index contributed by atoms with van der Waals surface area (Å²) in [7, 11) is 0. The lowest BCUT2D eigenvalue weighted by molar-refractivity contribution is -0.124. The van der Waals surface area contributed by atoms with Crippen molar-refractivity contribution in [3.8, 4) is 11.5 Å². The molecule has 1 aliphatic rings. The Hall–Kier alpha value is -3.80. The van der Waals surface area contributed by atoms with Gasteiger partial charge < -0.3 is 19.7 Å². The highest BCUT2D eigenvalue weighted by Crippen LogP contribution is 2.22. The average Bonchev–Trinajstić information content (AvgIpc) is 2.89. The van der Waals surface area contributed by atoms with Crippen LogP contribution in [-0.2, 0) is 11.2 Å². The molecular weight excluding hydrogens is 440 g/mol. The van der Waals surface area contributed by atoms with E-state index in [2.05, 4.69) is 17.4 Å². The lowest BCUT2D eigenvalue weighted by Crippen LogP contribution is -2.47. The van der Waals surface area contributed by atoms with Gasteiger partial charge in [0.05, 0.1) is 6.61 Å². The molecule has 1 saturated heterocycles. The Morgan fingerprint density at radius 3 is 2.29 bits per heavy atom. The number of ether oxygens (including phenoxy) is 2. The van der Waals surface area contributed by atoms with Crippen LogP contribution in [0.15, 0.2) is 78.9 Å². The Morgan fingerprint density at radius 2 is 1.57 bits per heavy atom. The number of nitrogens with zero attached hydrogens (tertiary/aromatic N) is 1. The number of hydrogen-bond acceptors (Lipinski definition) is 4. The second-order valence-electron chi connectivity index (χ2n) is 8.65. The topological polar surface area (TPSA) is 67.9 Å². The van der Waals surface area contributed by atoms with Gasteiger partial charge in [-0.15, -0.1) is 0 Å². The SMILES string of the molecule is CCOc1ccc(C(=O)N2CCC(NC(=O)COc3ccccc3Cc3ccccc3)CC2)cc1. The quantitative estimate of drug-likeness (QED) is 0.499. The van der Waals surface area contributed by atoms with Crippen LogP contribution in [0.5, 0.6) is 11.5 Å². The van der Waals surface area contributed by atoms with Crippen molar-refractivity contribution in [1.82, 2.24) is 10.2 Å². The third kappa shape index (κ3) is 6.85. The van der Waals surface area contributed by atoms with Crippen LogP contribution in [0.25, 0.3) is 0 Å². The summed E-state index contributed by atoms with van der Waals surface area (Å²) in [4.78, 5) is 27.2. The summed E-state index contributed by atoms with van der Waals surface area (Å²) in [5, 5.41) is 3.06. The Bertz CT molecular complexity index is 1110. The number of rotatable bonds is 9. The second-order valence-corrected chi connectivity index (χ2v) is 8.65. The van der Waals surface area contributed by atoms with E-state index in [1.807, 2.05) is 66.4 Å². The van der Waals surface area contributed by atoms with Crippen molar-refractivity contribution in [2.75, 3.05) is 26.3 Å². The molecular formula is C29H32N2O4. The summed E-state index contributed by atoms with van der Waals surface area (Å²) in [6.07, 6.45) is 2.19. The van der Waals surface area contributed by atoms with E-state index >= 15 is 0 Å². The minimum Gasteiger partial charge on any atom is -0.494 e. The molecule has 2 amide bonds. The summed E-state index contributed by atoms with van der Waals surface area (Å²) in [6, 6.07) is 25.3. The van der Waals surface area contributed by atoms with Crippen LogP contribution in [0.3, 0.4) is 0 Å². The first kappa shape index (κ1) is 24.3. The monoisotopic (exact) mass is 472 g/mol. The molecule has 0 bridgehead atoms. The molecule has 3 aromatic carbocycles. The van der Waals surface area contributed by atoms with E-state index in [1.165, 1.54) is 5.56 Å². The molecule has 6 heteroatoms. The van der Waals surface area contributed by atoms with Gasteiger partial charge in [-0.1, -0.05) is 48.5 Å². The zero-order chi connectivity index (χ0) is 24.5. The molecule has 0 spiro atoms. The van der Waals surface area contributed by atoms with Gasteiger partial charge in [0, 0.05) is 31.1 Å². The molecule has 0 radical (unpaired) electrons. The summed E-state index contributed by atoms with van der Waals surface area (Å²) in [5.74, 6) is 1.35. The standard InChI is InChI=1S/C29H32N2O4/c1-2-34-26-14-12-23(13-15-26)29(33)31-18-16-25(17-19-31)30-28(32)21-35-27-11-7-6-10-24(27)20-22-8-4-3-5-9-22/h3-15,25H,2,16-21H2,1H3,(H,30,32). The zero-order valence-corrected chi connectivity index (χ0v) is 20.1. The Morgan fingerprint density at radius 1 is 0.886 bits per heavy atom. The van der Waals surface area contributed by atoms with Crippen molar-refractivity contribution in [1.29, 1.82) is 0 Å². The predicted octanol–water partition coefficient (Wildman–Crippen LogP) is 4.48. The maximum Gasteiger partial charge on any atom is 0.258 e. The van der Waals surface area contributed by atoms with Crippen LogP contribution in [0, 0.1) is 0 Å². The minimum atomic E-state index is -0.143. The maximum atomic E-state index is 12.8. The zero-order valence-electron chi connectivity index (χ0n) is 20.1. The Balaban J connectivity index is 1.23. The molecule has 4 rings (SSSR count). The number of benzene rings is 3. The van der Waals surface area contributed by atoms with Gasteiger partial charge in [0.25, 0.3) is 11.8 Å². The first-order chi connectivity index (χ1) is 17.1. The molecule has 6 nitrogen and oxygen atoms in total. The minimum absolute atomic E-state index is 0.0104. The Kier molecular flexibility index (Phi) is 8.39. The average molecular weight is 473 g/mol. The van der Waals surface area contributed by atoms with E-state index < -0.39 is 0 Å². The first-order valence-electron chi connectivity index (χ1n) is 12.2. The lowest BCUT2D eigenvalue weighted by Gasteiger charge is -2.32. The van der Waals surface area contributed by atoms with E-state index in [9.17, 15) is 9.59 Å². The fourth-order valence-corrected chi connectivity index (χ4v) is 4.29. The van der Waals surface area contributed by atoms with Gasteiger partial charge in [0.15, 0.2) is 6.61 Å². The van der Waals surface area contributed by atoms with Gasteiger partial charge in [0.2, 0.25) is 0 Å². The number of hydrogen-bond donors (Lipinski definition) is 1. The van der Waals surface area contributed by atoms with Crippen LogP contribution in [-0.4, -0.2) is 49.1 Å². The number of carbonyl (C=O) groups excluding carboxylic acids is 2. The van der Waals surface area contributed by atoms with Crippen molar-refractivity contribution in [2.24, 2.45) is 0 Å². The van der Waals surface area contributed by atoms with Crippen LogP contribution >= 0.6 is 0 Å². The molecule has 182 valence electrons. The fourth-order valence-electron chi connectivity index (χ4n) is 4.29. The summed E-state index contributed by atoms with van der Waals surface area (Å²) < 4.78 is 11.3. The number of likely N-dealkylation sites (tertiary alicyclic amines) is 1. The van der Waals surface area contributed by atoms with E-state index in [0.717, 1.165) is 36.3 Å². The highest BCUT2D eigenvalue weighted by Gasteiger charge is 2.24. The molecule has 1 N–H and O–H groups in total. The van der Waals surface area contributed by atoms with Crippen molar-refractivity contribution in [3.63, 3.8) is 0 Å². The smallest absolute Gasteiger partial charge is 0.258 e. The van der Waals surface area contributed by atoms with Gasteiger partial charge >= 0.3 is 0 Å². The van der Waals surface area contributed by atoms with Crippen molar-refractivity contribution in [2.45, 2.75) is 32.2 Å². The third-order valence-electron chi connectivity index (χ3n) is 6.13. The Labute approximate surface area is 206 Å². The molecule has 0 atom stereocenters. The largest absolute Gasteiger partial charge is 0.494 e. The van der Waals surface area contributed by atoms with E-state index in [-0.39, 0.29) is 24.5 Å². The van der Waals surface area contributed by atoms with Crippen LogP contribution < -0.4 is 14.8 Å². The third-order valence-corrected chi connectivity index (χ3v) is 6.13. The van der Waals surface area contributed by atoms with Crippen molar-refractivity contribution < 1.29 is 19.1 Å². The number of piperidine rings is 1. The van der Waals surface area contributed by atoms with E-state index in [4.69, 9.17) is 9.47 Å². The van der Waals surface area contributed by atoms with Crippen LogP contribution in [0.1, 0.15) is 41.3 Å². The first-order valence-corrected chi connectivity index (χ1v) is 12.2. The fraction of sp³-hybridized carbons (Fsp3) is 0.310. The number of para-hydroxylation sites is 1. The molecule has 1 aliphatic heterocycles. The van der Waals surface area contributed by atoms with Gasteiger partial charge in [0.1, 0.15) is 11.5 Å². The molecule has 0 saturated carbocycles. The number of amides is 2. The van der Waals surface area contributed by atoms with Gasteiger partial charge in [-0.3, -0.25) is 9.59 Å².